The summed E-state index contributed by atoms with van der Waals surface area (Å²) in [7, 11) is 0. The Morgan fingerprint density at radius 3 is 1.75 bits per heavy atom. The Morgan fingerprint density at radius 2 is 1.29 bits per heavy atom. The number of aliphatic hydroxyl groups is 1. The topological polar surface area (TPSA) is 20.2 Å². The third kappa shape index (κ3) is 5.92. The molecule has 0 aromatic rings. The van der Waals surface area contributed by atoms with E-state index in [0.717, 1.165) is 0 Å². The summed E-state index contributed by atoms with van der Waals surface area (Å²) in [5.41, 5.74) is 0. The van der Waals surface area contributed by atoms with Crippen LogP contribution < -0.4 is 0 Å². The molecule has 0 radical (unpaired) electrons. The molecule has 0 aliphatic heterocycles. The summed E-state index contributed by atoms with van der Waals surface area (Å²) in [5, 5.41) is 11.5. The molecule has 0 saturated heterocycles. The molecule has 28 heavy (non-hydrogen) atoms. The third-order valence-electron chi connectivity index (χ3n) is 8.74. The number of unbranched alkanes of at least 4 members (excludes halogenated alkanes) is 4. The molecule has 166 valence electrons. The first-order valence-electron chi connectivity index (χ1n) is 13.3. The van der Waals surface area contributed by atoms with Gasteiger partial charge in [-0.1, -0.05) is 0 Å². The molecule has 0 aromatic carbocycles. The van der Waals surface area contributed by atoms with Gasteiger partial charge >= 0.3 is 182 Å². The molecule has 3 atom stereocenters. The van der Waals surface area contributed by atoms with Crippen molar-refractivity contribution in [1.29, 1.82) is 0 Å². The van der Waals surface area contributed by atoms with E-state index < -0.39 is 18.4 Å². The van der Waals surface area contributed by atoms with Gasteiger partial charge in [-0.3, -0.25) is 0 Å². The van der Waals surface area contributed by atoms with Crippen LogP contribution in [-0.4, -0.2) is 29.6 Å². The molecule has 2 aliphatic carbocycles. The van der Waals surface area contributed by atoms with Gasteiger partial charge in [0.2, 0.25) is 0 Å². The van der Waals surface area contributed by atoms with Crippen LogP contribution in [-0.2, 0) is 0 Å². The van der Waals surface area contributed by atoms with Crippen molar-refractivity contribution in [3.05, 3.63) is 0 Å². The van der Waals surface area contributed by atoms with Crippen molar-refractivity contribution in [1.82, 2.24) is 0 Å². The van der Waals surface area contributed by atoms with Gasteiger partial charge < -0.3 is 0 Å². The van der Waals surface area contributed by atoms with Crippen LogP contribution in [0, 0.1) is 11.8 Å². The second-order valence-electron chi connectivity index (χ2n) is 10.5. The molecule has 2 heteroatoms. The van der Waals surface area contributed by atoms with E-state index in [1.807, 2.05) is 0 Å². The predicted molar refractivity (Wildman–Crippen MR) is 128 cm³/mol. The maximum atomic E-state index is 11.5. The van der Waals surface area contributed by atoms with E-state index in [1.165, 1.54) is 96.3 Å². The summed E-state index contributed by atoms with van der Waals surface area (Å²) in [5.74, 6) is 1.33. The summed E-state index contributed by atoms with van der Waals surface area (Å²) in [6.45, 7) is 9.58. The molecule has 0 aromatic heterocycles. The Kier molecular flexibility index (Phi) is 11.2. The summed E-state index contributed by atoms with van der Waals surface area (Å²) in [6, 6.07) is 0. The first-order valence-corrected chi connectivity index (χ1v) is 20.8. The Labute approximate surface area is 181 Å². The Bertz CT molecular complexity index is 395. The quantitative estimate of drug-likeness (QED) is 0.224. The molecule has 0 amide bonds. The fourth-order valence-corrected chi connectivity index (χ4v) is 28.7. The van der Waals surface area contributed by atoms with Crippen molar-refractivity contribution in [3.63, 3.8) is 0 Å². The van der Waals surface area contributed by atoms with E-state index in [0.29, 0.717) is 15.3 Å². The fourth-order valence-electron chi connectivity index (χ4n) is 6.91. The molecular formula is C26H52OSn. The second-order valence-corrected chi connectivity index (χ2v) is 25.0. The number of rotatable bonds is 15. The molecule has 1 nitrogen and oxygen atoms in total. The van der Waals surface area contributed by atoms with Gasteiger partial charge in [-0.25, -0.2) is 0 Å². The number of hydrogen-bond acceptors (Lipinski definition) is 1. The standard InChI is InChI=1S/C14H25O.3C4H9.Sn/c1-2-3-7-12-10-13(12)14(15)11-8-5-4-6-9-11;3*1-3-4-2;/h11,13-15H,2-10H2,1H3;3*1,3-4H2,2H3;/t13-,14+;;;;/m0..../s1. The molecule has 2 fully saturated rings. The van der Waals surface area contributed by atoms with Gasteiger partial charge in [0.25, 0.3) is 0 Å². The molecule has 0 bridgehead atoms. The van der Waals surface area contributed by atoms with Gasteiger partial charge in [-0.15, -0.1) is 0 Å². The fraction of sp³-hybridized carbons (Fsp3) is 1.00. The van der Waals surface area contributed by atoms with Crippen molar-refractivity contribution in [2.45, 2.75) is 147 Å². The van der Waals surface area contributed by atoms with Crippen molar-refractivity contribution in [3.8, 4) is 0 Å². The molecule has 2 aliphatic rings. The zero-order valence-electron chi connectivity index (χ0n) is 19.9. The van der Waals surface area contributed by atoms with Crippen LogP contribution in [0.2, 0.25) is 16.7 Å². The van der Waals surface area contributed by atoms with Crippen LogP contribution in [0.4, 0.5) is 0 Å². The second kappa shape index (κ2) is 12.6. The van der Waals surface area contributed by atoms with E-state index in [4.69, 9.17) is 0 Å². The third-order valence-corrected chi connectivity index (χ3v) is 28.3. The Morgan fingerprint density at radius 1 is 0.786 bits per heavy atom. The Balaban J connectivity index is 2.27. The minimum absolute atomic E-state index is 0.0399. The molecule has 1 N–H and O–H groups in total. The van der Waals surface area contributed by atoms with Gasteiger partial charge in [-0.2, -0.15) is 0 Å². The molecule has 2 saturated carbocycles. The van der Waals surface area contributed by atoms with E-state index in [-0.39, 0.29) is 6.10 Å². The van der Waals surface area contributed by atoms with Gasteiger partial charge in [0, 0.05) is 0 Å². The number of hydrogen-bond donors (Lipinski definition) is 1. The SMILES string of the molecule is CCCC[C@]1([Sn]([CH2]CCC)([CH2]CCC)[CH2]CCC)C[C@@H]1[C@H](O)C1CCCCC1. The van der Waals surface area contributed by atoms with Crippen molar-refractivity contribution >= 4 is 18.4 Å². The molecule has 0 heterocycles. The predicted octanol–water partition coefficient (Wildman–Crippen LogP) is 8.73. The van der Waals surface area contributed by atoms with Crippen LogP contribution in [0.15, 0.2) is 0 Å². The van der Waals surface area contributed by atoms with Gasteiger partial charge in [0.05, 0.1) is 0 Å². The van der Waals surface area contributed by atoms with Gasteiger partial charge in [0.1, 0.15) is 0 Å². The van der Waals surface area contributed by atoms with Crippen LogP contribution in [0.5, 0.6) is 0 Å². The first kappa shape index (κ1) is 25.0. The average molecular weight is 499 g/mol. The summed E-state index contributed by atoms with van der Waals surface area (Å²) >= 11 is -2.32. The summed E-state index contributed by atoms with van der Waals surface area (Å²) in [6.07, 6.45) is 21.0. The van der Waals surface area contributed by atoms with Crippen LogP contribution in [0.25, 0.3) is 0 Å². The summed E-state index contributed by atoms with van der Waals surface area (Å²) < 4.78 is 5.55. The van der Waals surface area contributed by atoms with Crippen molar-refractivity contribution < 1.29 is 5.11 Å². The van der Waals surface area contributed by atoms with Crippen LogP contribution in [0.1, 0.15) is 124 Å². The Hall–Kier alpha value is 0.759. The van der Waals surface area contributed by atoms with Gasteiger partial charge in [-0.05, 0) is 0 Å². The van der Waals surface area contributed by atoms with Crippen LogP contribution >= 0.6 is 0 Å². The average Bonchev–Trinajstić information content (AvgIpc) is 3.48. The minimum atomic E-state index is -2.32. The van der Waals surface area contributed by atoms with E-state index in [2.05, 4.69) is 27.7 Å². The zero-order chi connectivity index (χ0) is 20.5. The van der Waals surface area contributed by atoms with Gasteiger partial charge in [0.15, 0.2) is 0 Å². The van der Waals surface area contributed by atoms with E-state index >= 15 is 0 Å². The van der Waals surface area contributed by atoms with Crippen LogP contribution in [0.3, 0.4) is 0 Å². The van der Waals surface area contributed by atoms with E-state index in [9.17, 15) is 5.11 Å². The van der Waals surface area contributed by atoms with E-state index in [1.54, 1.807) is 13.3 Å². The molecule has 0 spiro atoms. The first-order chi connectivity index (χ1) is 13.6. The summed E-state index contributed by atoms with van der Waals surface area (Å²) in [4.78, 5) is 0. The maximum absolute atomic E-state index is 11.5. The molecule has 2 rings (SSSR count). The van der Waals surface area contributed by atoms with Crippen molar-refractivity contribution in [2.24, 2.45) is 11.8 Å². The number of aliphatic hydroxyl groups excluding tert-OH is 1. The zero-order valence-corrected chi connectivity index (χ0v) is 22.8. The monoisotopic (exact) mass is 500 g/mol. The molecule has 0 unspecified atom stereocenters. The van der Waals surface area contributed by atoms with Crippen molar-refractivity contribution in [2.75, 3.05) is 0 Å². The normalized spacial score (nSPS) is 27.1. The molecular weight excluding hydrogens is 447 g/mol.